The second kappa shape index (κ2) is 13.0. The Hall–Kier alpha value is -3.28. The minimum Gasteiger partial charge on any atom is -0.352 e. The van der Waals surface area contributed by atoms with Crippen molar-refractivity contribution in [2.75, 3.05) is 21.7 Å². The number of carbonyl (C=O) groups excluding carboxylic acids is 3. The zero-order valence-electron chi connectivity index (χ0n) is 20.7. The Morgan fingerprint density at radius 3 is 2.32 bits per heavy atom. The van der Waals surface area contributed by atoms with E-state index < -0.39 is 63.6 Å². The van der Waals surface area contributed by atoms with Crippen LogP contribution in [0.15, 0.2) is 48.5 Å². The van der Waals surface area contributed by atoms with Crippen LogP contribution in [0.1, 0.15) is 44.6 Å². The lowest BCUT2D eigenvalue weighted by molar-refractivity contribution is -0.137. The van der Waals surface area contributed by atoms with E-state index in [1.54, 1.807) is 0 Å². The second-order valence-electron chi connectivity index (χ2n) is 9.11. The maximum atomic E-state index is 13.4. The average molecular weight is 556 g/mol. The smallest absolute Gasteiger partial charge is 0.352 e. The first-order valence-electron chi connectivity index (χ1n) is 12.1. The van der Waals surface area contributed by atoms with Gasteiger partial charge >= 0.3 is 6.18 Å². The van der Waals surface area contributed by atoms with E-state index in [-0.39, 0.29) is 17.4 Å². The van der Waals surface area contributed by atoms with Crippen LogP contribution in [0.5, 0.6) is 0 Å². The van der Waals surface area contributed by atoms with Gasteiger partial charge in [-0.25, -0.2) is 4.39 Å². The first-order chi connectivity index (χ1) is 17.9. The molecule has 0 unspecified atom stereocenters. The van der Waals surface area contributed by atoms with E-state index >= 15 is 0 Å². The molecule has 1 fully saturated rings. The molecule has 12 heteroatoms. The number of nitrogens with one attached hydrogen (secondary N) is 2. The van der Waals surface area contributed by atoms with Crippen LogP contribution >= 0.6 is 0 Å². The Kier molecular flexibility index (Phi) is 10.0. The largest absolute Gasteiger partial charge is 0.416 e. The molecule has 0 bridgehead atoms. The Morgan fingerprint density at radius 1 is 1.03 bits per heavy atom. The van der Waals surface area contributed by atoms with Gasteiger partial charge in [-0.1, -0.05) is 25.3 Å². The fourth-order valence-corrected chi connectivity index (χ4v) is 5.12. The third-order valence-electron chi connectivity index (χ3n) is 6.14. The van der Waals surface area contributed by atoms with Crippen LogP contribution in [0.3, 0.4) is 0 Å². The van der Waals surface area contributed by atoms with Crippen molar-refractivity contribution in [2.24, 2.45) is 0 Å². The summed E-state index contributed by atoms with van der Waals surface area (Å²) in [5, 5.41) is 5.30. The van der Waals surface area contributed by atoms with Crippen molar-refractivity contribution in [2.45, 2.75) is 57.3 Å². The fourth-order valence-electron chi connectivity index (χ4n) is 4.24. The highest BCUT2D eigenvalue weighted by atomic mass is 32.2. The summed E-state index contributed by atoms with van der Waals surface area (Å²) >= 11 is 0. The highest BCUT2D eigenvalue weighted by Crippen LogP contribution is 2.32. The number of amides is 3. The lowest BCUT2D eigenvalue weighted by Gasteiger charge is -2.31. The summed E-state index contributed by atoms with van der Waals surface area (Å²) in [5.74, 6) is -3.90. The van der Waals surface area contributed by atoms with Crippen LogP contribution in [0.2, 0.25) is 0 Å². The molecular formula is C26H29F4N3O4S. The van der Waals surface area contributed by atoms with Crippen molar-refractivity contribution in [3.63, 3.8) is 0 Å². The molecule has 2 N–H and O–H groups in total. The van der Waals surface area contributed by atoms with Gasteiger partial charge in [-0.3, -0.25) is 23.5 Å². The van der Waals surface area contributed by atoms with Crippen molar-refractivity contribution in [3.8, 4) is 0 Å². The summed E-state index contributed by atoms with van der Waals surface area (Å²) in [6.07, 6.45) is -0.216. The molecule has 3 rings (SSSR count). The predicted molar refractivity (Wildman–Crippen MR) is 136 cm³/mol. The lowest BCUT2D eigenvalue weighted by Crippen LogP contribution is -2.52. The Balaban J connectivity index is 1.75. The monoisotopic (exact) mass is 555 g/mol. The van der Waals surface area contributed by atoms with E-state index in [0.29, 0.717) is 0 Å². The number of hydrogen-bond donors (Lipinski definition) is 2. The second-order valence-corrected chi connectivity index (χ2v) is 10.6. The number of benzene rings is 2. The van der Waals surface area contributed by atoms with E-state index in [4.69, 9.17) is 0 Å². The van der Waals surface area contributed by atoms with Gasteiger partial charge in [0, 0.05) is 28.2 Å². The van der Waals surface area contributed by atoms with Gasteiger partial charge in [0.05, 0.1) is 5.56 Å². The normalized spacial score (nSPS) is 15.8. The molecule has 1 aliphatic carbocycles. The first kappa shape index (κ1) is 29.3. The van der Waals surface area contributed by atoms with Crippen LogP contribution in [-0.2, 0) is 31.4 Å². The van der Waals surface area contributed by atoms with Gasteiger partial charge in [-0.15, -0.1) is 0 Å². The molecule has 0 radical (unpaired) electrons. The van der Waals surface area contributed by atoms with E-state index in [0.717, 1.165) is 67.3 Å². The van der Waals surface area contributed by atoms with Crippen LogP contribution in [0, 0.1) is 5.82 Å². The molecule has 2 aromatic rings. The molecule has 3 amide bonds. The molecule has 7 nitrogen and oxygen atoms in total. The molecule has 0 aliphatic heterocycles. The summed E-state index contributed by atoms with van der Waals surface area (Å²) in [5.41, 5.74) is -0.922. The van der Waals surface area contributed by atoms with Crippen LogP contribution < -0.4 is 15.5 Å². The van der Waals surface area contributed by atoms with E-state index in [9.17, 15) is 36.2 Å². The number of hydrogen-bond acceptors (Lipinski definition) is 4. The number of rotatable bonds is 9. The summed E-state index contributed by atoms with van der Waals surface area (Å²) in [4.78, 5) is 39.4. The quantitative estimate of drug-likeness (QED) is 0.449. The van der Waals surface area contributed by atoms with E-state index in [1.165, 1.54) is 25.1 Å². The molecule has 206 valence electrons. The summed E-state index contributed by atoms with van der Waals surface area (Å²) < 4.78 is 65.8. The van der Waals surface area contributed by atoms with E-state index in [2.05, 4.69) is 10.6 Å². The zero-order valence-corrected chi connectivity index (χ0v) is 21.5. The van der Waals surface area contributed by atoms with Crippen molar-refractivity contribution < 1.29 is 36.2 Å². The van der Waals surface area contributed by atoms with E-state index in [1.807, 2.05) is 0 Å². The van der Waals surface area contributed by atoms with Gasteiger partial charge < -0.3 is 10.6 Å². The standard InChI is InChI=1S/C26H29F4N3O4S/c1-17(25(36)32-20-7-3-2-4-8-20)33(22-9-5-6-18(14-22)26(28,29)30)24(35)16-38(37)15-23(34)31-21-12-10-19(27)11-13-21/h5-6,9-14,17,20H,2-4,7-8,15-16H2,1H3,(H,31,34)(H,32,36)/t17-,38+/m1/s1. The molecule has 0 heterocycles. The Bertz CT molecular complexity index is 1170. The molecule has 2 aromatic carbocycles. The number of halogens is 4. The zero-order chi connectivity index (χ0) is 27.9. The van der Waals surface area contributed by atoms with Gasteiger partial charge in [0.1, 0.15) is 23.4 Å². The third kappa shape index (κ3) is 8.37. The molecule has 1 saturated carbocycles. The number of anilines is 2. The predicted octanol–water partition coefficient (Wildman–Crippen LogP) is 4.40. The maximum Gasteiger partial charge on any atom is 0.416 e. The van der Waals surface area contributed by atoms with Crippen LogP contribution in [-0.4, -0.2) is 45.5 Å². The number of alkyl halides is 3. The van der Waals surface area contributed by atoms with Gasteiger partial charge in [0.15, 0.2) is 0 Å². The van der Waals surface area contributed by atoms with Gasteiger partial charge in [-0.05, 0) is 62.2 Å². The van der Waals surface area contributed by atoms with Crippen molar-refractivity contribution in [1.82, 2.24) is 5.32 Å². The van der Waals surface area contributed by atoms with Crippen LogP contribution in [0.25, 0.3) is 0 Å². The molecule has 2 atom stereocenters. The topological polar surface area (TPSA) is 95.6 Å². The van der Waals surface area contributed by atoms with Gasteiger partial charge in [0.2, 0.25) is 17.7 Å². The van der Waals surface area contributed by atoms with Gasteiger partial charge in [0.25, 0.3) is 0 Å². The molecule has 1 aliphatic rings. The van der Waals surface area contributed by atoms with Crippen LogP contribution in [0.4, 0.5) is 28.9 Å². The van der Waals surface area contributed by atoms with Crippen molar-refractivity contribution in [3.05, 3.63) is 59.9 Å². The summed E-state index contributed by atoms with van der Waals surface area (Å²) in [7, 11) is -2.04. The highest BCUT2D eigenvalue weighted by molar-refractivity contribution is 7.86. The Labute approximate surface area is 220 Å². The summed E-state index contributed by atoms with van der Waals surface area (Å²) in [6, 6.07) is 7.57. The lowest BCUT2D eigenvalue weighted by atomic mass is 9.95. The molecule has 0 saturated heterocycles. The maximum absolute atomic E-state index is 13.4. The summed E-state index contributed by atoms with van der Waals surface area (Å²) in [6.45, 7) is 1.39. The fraction of sp³-hybridized carbons (Fsp3) is 0.423. The first-order valence-corrected chi connectivity index (χ1v) is 13.6. The molecule has 0 spiro atoms. The minimum absolute atomic E-state index is 0.0959. The van der Waals surface area contributed by atoms with Gasteiger partial charge in [-0.2, -0.15) is 13.2 Å². The number of carbonyl (C=O) groups is 3. The minimum atomic E-state index is -4.68. The van der Waals surface area contributed by atoms with Crippen molar-refractivity contribution in [1.29, 1.82) is 0 Å². The average Bonchev–Trinajstić information content (AvgIpc) is 2.85. The molecule has 38 heavy (non-hydrogen) atoms. The third-order valence-corrected chi connectivity index (χ3v) is 7.30. The number of nitrogens with zero attached hydrogens (tertiary/aromatic N) is 1. The van der Waals surface area contributed by atoms with Crippen molar-refractivity contribution >= 4 is 39.9 Å². The Morgan fingerprint density at radius 2 is 1.68 bits per heavy atom. The molecular weight excluding hydrogens is 526 g/mol. The highest BCUT2D eigenvalue weighted by Gasteiger charge is 2.34. The molecule has 0 aromatic heterocycles. The SMILES string of the molecule is C[C@H](C(=O)NC1CCCCC1)N(C(=O)C[S@@](=O)CC(=O)Nc1ccc(F)cc1)c1cccc(C(F)(F)F)c1.